The van der Waals surface area contributed by atoms with Crippen LogP contribution in [-0.4, -0.2) is 5.91 Å². The van der Waals surface area contributed by atoms with E-state index in [1.165, 1.54) is 10.4 Å². The molecule has 4 heteroatoms. The molecule has 0 fully saturated rings. The molecule has 1 atom stereocenters. The summed E-state index contributed by atoms with van der Waals surface area (Å²) < 4.78 is 0. The molecule has 0 saturated carbocycles. The normalized spacial score (nSPS) is 18.0. The van der Waals surface area contributed by atoms with Gasteiger partial charge in [-0.15, -0.1) is 11.3 Å². The third-order valence-corrected chi connectivity index (χ3v) is 5.62. The first-order valence-corrected chi connectivity index (χ1v) is 8.88. The van der Waals surface area contributed by atoms with Crippen LogP contribution in [0.3, 0.4) is 0 Å². The van der Waals surface area contributed by atoms with E-state index in [4.69, 9.17) is 0 Å². The first kappa shape index (κ1) is 17.0. The summed E-state index contributed by atoms with van der Waals surface area (Å²) in [6.45, 7) is 10.9. The Labute approximate surface area is 137 Å². The molecule has 1 aliphatic rings. The quantitative estimate of drug-likeness (QED) is 0.874. The van der Waals surface area contributed by atoms with Gasteiger partial charge < -0.3 is 5.32 Å². The van der Waals surface area contributed by atoms with Crippen LogP contribution in [-0.2, 0) is 17.6 Å². The van der Waals surface area contributed by atoms with Crippen LogP contribution in [0.15, 0.2) is 0 Å². The van der Waals surface area contributed by atoms with Gasteiger partial charge in [-0.2, -0.15) is 5.26 Å². The molecular weight excluding hydrogens is 292 g/mol. The number of fused-ring (bicyclic) bond motifs is 1. The van der Waals surface area contributed by atoms with Crippen molar-refractivity contribution in [3.8, 4) is 6.07 Å². The lowest BCUT2D eigenvalue weighted by molar-refractivity contribution is -0.116. The van der Waals surface area contributed by atoms with E-state index in [-0.39, 0.29) is 11.3 Å². The minimum absolute atomic E-state index is 0.0115. The Balaban J connectivity index is 2.23. The minimum atomic E-state index is 0.0115. The van der Waals surface area contributed by atoms with Crippen LogP contribution >= 0.6 is 11.3 Å². The highest BCUT2D eigenvalue weighted by molar-refractivity contribution is 7.16. The highest BCUT2D eigenvalue weighted by Gasteiger charge is 2.32. The molecule has 0 radical (unpaired) electrons. The fraction of sp³-hybridized carbons (Fsp3) is 0.667. The molecule has 120 valence electrons. The van der Waals surface area contributed by atoms with Crippen molar-refractivity contribution in [3.05, 3.63) is 16.0 Å². The van der Waals surface area contributed by atoms with E-state index in [0.717, 1.165) is 24.3 Å². The Morgan fingerprint density at radius 3 is 2.68 bits per heavy atom. The summed E-state index contributed by atoms with van der Waals surface area (Å²) in [6, 6.07) is 2.31. The average molecular weight is 318 g/mol. The number of carbonyl (C=O) groups excluding carboxylic acids is 1. The topological polar surface area (TPSA) is 52.9 Å². The van der Waals surface area contributed by atoms with Crippen molar-refractivity contribution in [3.63, 3.8) is 0 Å². The molecule has 3 nitrogen and oxygen atoms in total. The van der Waals surface area contributed by atoms with Crippen molar-refractivity contribution in [2.75, 3.05) is 5.32 Å². The van der Waals surface area contributed by atoms with Gasteiger partial charge in [0.05, 0.1) is 5.56 Å². The van der Waals surface area contributed by atoms with Gasteiger partial charge in [0.15, 0.2) is 0 Å². The lowest BCUT2D eigenvalue weighted by Crippen LogP contribution is -2.26. The van der Waals surface area contributed by atoms with E-state index in [2.05, 4.69) is 32.2 Å². The zero-order chi connectivity index (χ0) is 16.5. The first-order valence-electron chi connectivity index (χ1n) is 8.06. The number of nitrogens with zero attached hydrogens (tertiary/aromatic N) is 1. The highest BCUT2D eigenvalue weighted by Crippen LogP contribution is 2.44. The van der Waals surface area contributed by atoms with Crippen LogP contribution in [0.5, 0.6) is 0 Å². The van der Waals surface area contributed by atoms with Crippen molar-refractivity contribution in [1.82, 2.24) is 0 Å². The standard InChI is InChI=1S/C18H26N2OS/c1-11(2)8-16(21)20-17-14(10-19)13-7-6-12(18(3,4)5)9-15(13)22-17/h11-12H,6-9H2,1-5H3,(H,20,21). The van der Waals surface area contributed by atoms with Crippen molar-refractivity contribution in [2.45, 2.75) is 60.3 Å². The van der Waals surface area contributed by atoms with Gasteiger partial charge >= 0.3 is 0 Å². The maximum absolute atomic E-state index is 12.0. The molecule has 1 aliphatic carbocycles. The largest absolute Gasteiger partial charge is 0.317 e. The second kappa shape index (κ2) is 6.42. The Hall–Kier alpha value is -1.34. The van der Waals surface area contributed by atoms with E-state index in [9.17, 15) is 10.1 Å². The Morgan fingerprint density at radius 2 is 2.14 bits per heavy atom. The maximum Gasteiger partial charge on any atom is 0.225 e. The second-order valence-corrected chi connectivity index (χ2v) is 8.88. The van der Waals surface area contributed by atoms with Crippen LogP contribution in [0.4, 0.5) is 5.00 Å². The Bertz CT molecular complexity index is 602. The lowest BCUT2D eigenvalue weighted by Gasteiger charge is -2.33. The molecule has 1 unspecified atom stereocenters. The Morgan fingerprint density at radius 1 is 1.45 bits per heavy atom. The monoisotopic (exact) mass is 318 g/mol. The van der Waals surface area contributed by atoms with Crippen molar-refractivity contribution in [2.24, 2.45) is 17.3 Å². The van der Waals surface area contributed by atoms with Crippen LogP contribution in [0.25, 0.3) is 0 Å². The summed E-state index contributed by atoms with van der Waals surface area (Å²) in [5.74, 6) is 0.979. The van der Waals surface area contributed by atoms with Crippen LogP contribution in [0.1, 0.15) is 63.5 Å². The van der Waals surface area contributed by atoms with E-state index in [0.29, 0.717) is 23.8 Å². The summed E-state index contributed by atoms with van der Waals surface area (Å²) in [4.78, 5) is 13.3. The molecular formula is C18H26N2OS. The van der Waals surface area contributed by atoms with E-state index in [1.54, 1.807) is 11.3 Å². The molecule has 1 N–H and O–H groups in total. The third-order valence-electron chi connectivity index (χ3n) is 4.45. The minimum Gasteiger partial charge on any atom is -0.317 e. The predicted octanol–water partition coefficient (Wildman–Crippen LogP) is 4.76. The molecule has 0 aliphatic heterocycles. The molecule has 1 amide bonds. The summed E-state index contributed by atoms with van der Waals surface area (Å²) in [7, 11) is 0. The first-order chi connectivity index (χ1) is 10.2. The highest BCUT2D eigenvalue weighted by atomic mass is 32.1. The predicted molar refractivity (Wildman–Crippen MR) is 92.1 cm³/mol. The molecule has 0 spiro atoms. The third kappa shape index (κ3) is 3.70. The number of rotatable bonds is 3. The van der Waals surface area contributed by atoms with Crippen LogP contribution < -0.4 is 5.32 Å². The molecule has 0 saturated heterocycles. The van der Waals surface area contributed by atoms with Gasteiger partial charge in [-0.1, -0.05) is 34.6 Å². The average Bonchev–Trinajstić information content (AvgIpc) is 2.72. The van der Waals surface area contributed by atoms with Crippen molar-refractivity contribution < 1.29 is 4.79 Å². The van der Waals surface area contributed by atoms with Crippen molar-refractivity contribution in [1.29, 1.82) is 5.26 Å². The fourth-order valence-electron chi connectivity index (χ4n) is 3.08. The van der Waals surface area contributed by atoms with Gasteiger partial charge in [0.2, 0.25) is 5.91 Å². The fourth-order valence-corrected chi connectivity index (χ4v) is 4.37. The number of hydrogen-bond donors (Lipinski definition) is 1. The zero-order valence-corrected chi connectivity index (χ0v) is 15.1. The summed E-state index contributed by atoms with van der Waals surface area (Å²) in [6.07, 6.45) is 3.61. The van der Waals surface area contributed by atoms with E-state index < -0.39 is 0 Å². The second-order valence-electron chi connectivity index (χ2n) is 7.77. The number of anilines is 1. The van der Waals surface area contributed by atoms with E-state index >= 15 is 0 Å². The van der Waals surface area contributed by atoms with Gasteiger partial charge in [-0.3, -0.25) is 4.79 Å². The number of thiophene rings is 1. The van der Waals surface area contributed by atoms with Gasteiger partial charge in [0, 0.05) is 11.3 Å². The molecule has 2 rings (SSSR count). The Kier molecular flexibility index (Phi) is 4.97. The maximum atomic E-state index is 12.0. The van der Waals surface area contributed by atoms with Crippen LogP contribution in [0, 0.1) is 28.6 Å². The molecule has 0 aromatic carbocycles. The summed E-state index contributed by atoms with van der Waals surface area (Å²) in [5, 5.41) is 13.2. The SMILES string of the molecule is CC(C)CC(=O)Nc1sc2c(c1C#N)CCC(C(C)(C)C)C2. The number of amides is 1. The van der Waals surface area contributed by atoms with Gasteiger partial charge in [0.1, 0.15) is 11.1 Å². The molecule has 1 aromatic heterocycles. The number of nitrogens with one attached hydrogen (secondary N) is 1. The van der Waals surface area contributed by atoms with Crippen LogP contribution in [0.2, 0.25) is 0 Å². The zero-order valence-electron chi connectivity index (χ0n) is 14.2. The lowest BCUT2D eigenvalue weighted by atomic mass is 9.72. The van der Waals surface area contributed by atoms with Crippen molar-refractivity contribution >= 4 is 22.2 Å². The summed E-state index contributed by atoms with van der Waals surface area (Å²) >= 11 is 1.61. The number of nitriles is 1. The van der Waals surface area contributed by atoms with Gasteiger partial charge in [-0.25, -0.2) is 0 Å². The number of hydrogen-bond acceptors (Lipinski definition) is 3. The van der Waals surface area contributed by atoms with Gasteiger partial charge in [-0.05, 0) is 42.1 Å². The van der Waals surface area contributed by atoms with Gasteiger partial charge in [0.25, 0.3) is 0 Å². The van der Waals surface area contributed by atoms with E-state index in [1.807, 2.05) is 13.8 Å². The molecule has 0 bridgehead atoms. The molecule has 22 heavy (non-hydrogen) atoms. The molecule has 1 heterocycles. The molecule has 1 aromatic rings. The summed E-state index contributed by atoms with van der Waals surface area (Å²) in [5.41, 5.74) is 2.16. The number of carbonyl (C=O) groups is 1. The smallest absolute Gasteiger partial charge is 0.225 e.